The van der Waals surface area contributed by atoms with Gasteiger partial charge in [0.25, 0.3) is 0 Å². The van der Waals surface area contributed by atoms with Gasteiger partial charge in [0, 0.05) is 11.6 Å². The third kappa shape index (κ3) is 4.07. The molecule has 3 fully saturated rings. The lowest BCUT2D eigenvalue weighted by atomic mass is 9.29. The first-order chi connectivity index (χ1) is 16.4. The molecule has 3 aromatic rings. The molecule has 35 heavy (non-hydrogen) atoms. The number of benzene rings is 2. The minimum atomic E-state index is -4.40. The lowest BCUT2D eigenvalue weighted by Gasteiger charge is -2.75. The van der Waals surface area contributed by atoms with Crippen molar-refractivity contribution >= 4 is 0 Å². The number of aliphatic hydroxyl groups is 1. The summed E-state index contributed by atoms with van der Waals surface area (Å²) in [4.78, 5) is 3.90. The third-order valence-corrected chi connectivity index (χ3v) is 7.84. The van der Waals surface area contributed by atoms with Crippen LogP contribution in [0, 0.1) is 23.0 Å². The number of aromatic nitrogens is 3. The van der Waals surface area contributed by atoms with Crippen molar-refractivity contribution in [1.29, 1.82) is 0 Å². The van der Waals surface area contributed by atoms with Gasteiger partial charge in [-0.1, -0.05) is 25.1 Å². The van der Waals surface area contributed by atoms with Crippen LogP contribution in [0.25, 0.3) is 0 Å². The Bertz CT molecular complexity index is 1190. The van der Waals surface area contributed by atoms with Crippen molar-refractivity contribution in [3.05, 3.63) is 77.9 Å². The maximum atomic E-state index is 14.8. The van der Waals surface area contributed by atoms with Gasteiger partial charge in [0.2, 0.25) is 0 Å². The Morgan fingerprint density at radius 2 is 1.77 bits per heavy atom. The Hall–Kier alpha value is -3.01. The van der Waals surface area contributed by atoms with Crippen LogP contribution in [0.3, 0.4) is 0 Å². The summed E-state index contributed by atoms with van der Waals surface area (Å²) in [5.74, 6) is -1.80. The van der Waals surface area contributed by atoms with Gasteiger partial charge in [0.1, 0.15) is 35.6 Å². The minimum absolute atomic E-state index is 0.00633. The normalized spacial score (nSPS) is 25.8. The van der Waals surface area contributed by atoms with Crippen LogP contribution in [-0.4, -0.2) is 32.7 Å². The maximum Gasteiger partial charge on any atom is 0.422 e. The average molecular weight is 493 g/mol. The topological polar surface area (TPSA) is 60.2 Å². The standard InChI is InChI=1S/C25H24F5N3O2/c1-16(24(34,12-33-15-31-14-32-33)20-7-4-18(26)8-21(20)27)22-9-23(10-22,11-22)17-2-5-19(6-3-17)35-13-25(28,29)30/h2-8,14-16,34H,9-13H2,1H3/t16?,22?,23?,24-/m0/s1. The van der Waals surface area contributed by atoms with E-state index in [4.69, 9.17) is 4.74 Å². The Labute approximate surface area is 198 Å². The predicted octanol–water partition coefficient (Wildman–Crippen LogP) is 5.14. The first-order valence-corrected chi connectivity index (χ1v) is 11.3. The van der Waals surface area contributed by atoms with E-state index in [1.165, 1.54) is 35.5 Å². The van der Waals surface area contributed by atoms with Crippen LogP contribution in [-0.2, 0) is 17.6 Å². The van der Waals surface area contributed by atoms with Crippen LogP contribution in [0.4, 0.5) is 22.0 Å². The van der Waals surface area contributed by atoms with Crippen LogP contribution in [0.5, 0.6) is 5.75 Å². The molecule has 1 unspecified atom stereocenters. The molecule has 1 heterocycles. The molecule has 5 nitrogen and oxygen atoms in total. The molecule has 6 rings (SSSR count). The second-order valence-corrected chi connectivity index (χ2v) is 9.96. The molecule has 3 aliphatic rings. The number of ether oxygens (including phenoxy) is 1. The fourth-order valence-electron chi connectivity index (χ4n) is 6.07. The molecule has 1 aromatic heterocycles. The van der Waals surface area contributed by atoms with Gasteiger partial charge in [-0.15, -0.1) is 0 Å². The van der Waals surface area contributed by atoms with Gasteiger partial charge in [-0.25, -0.2) is 18.4 Å². The second-order valence-electron chi connectivity index (χ2n) is 9.96. The van der Waals surface area contributed by atoms with Crippen molar-refractivity contribution in [1.82, 2.24) is 14.8 Å². The first kappa shape index (κ1) is 23.7. The van der Waals surface area contributed by atoms with Gasteiger partial charge in [0.05, 0.1) is 6.54 Å². The summed E-state index contributed by atoms with van der Waals surface area (Å²) >= 11 is 0. The summed E-state index contributed by atoms with van der Waals surface area (Å²) < 4.78 is 71.8. The number of hydrogen-bond donors (Lipinski definition) is 1. The predicted molar refractivity (Wildman–Crippen MR) is 115 cm³/mol. The van der Waals surface area contributed by atoms with E-state index in [-0.39, 0.29) is 28.7 Å². The molecular weight excluding hydrogens is 469 g/mol. The van der Waals surface area contributed by atoms with Crippen LogP contribution in [0.2, 0.25) is 0 Å². The quantitative estimate of drug-likeness (QED) is 0.442. The van der Waals surface area contributed by atoms with Crippen LogP contribution in [0.15, 0.2) is 55.1 Å². The average Bonchev–Trinajstić information content (AvgIpc) is 3.23. The zero-order valence-corrected chi connectivity index (χ0v) is 18.9. The highest BCUT2D eigenvalue weighted by molar-refractivity contribution is 5.42. The molecule has 10 heteroatoms. The van der Waals surface area contributed by atoms with Crippen molar-refractivity contribution in [2.75, 3.05) is 6.61 Å². The van der Waals surface area contributed by atoms with E-state index in [0.29, 0.717) is 0 Å². The Balaban J connectivity index is 1.35. The molecule has 186 valence electrons. The van der Waals surface area contributed by atoms with E-state index < -0.39 is 35.9 Å². The fraction of sp³-hybridized carbons (Fsp3) is 0.440. The van der Waals surface area contributed by atoms with Gasteiger partial charge in [-0.3, -0.25) is 0 Å². The zero-order valence-electron chi connectivity index (χ0n) is 18.9. The number of rotatable bonds is 8. The highest BCUT2D eigenvalue weighted by Crippen LogP contribution is 2.78. The Morgan fingerprint density at radius 1 is 1.09 bits per heavy atom. The van der Waals surface area contributed by atoms with Crippen LogP contribution < -0.4 is 4.74 Å². The number of halogens is 5. The van der Waals surface area contributed by atoms with Gasteiger partial charge in [0.15, 0.2) is 6.61 Å². The largest absolute Gasteiger partial charge is 0.484 e. The molecule has 2 aromatic carbocycles. The summed E-state index contributed by atoms with van der Waals surface area (Å²) in [6, 6.07) is 9.79. The SMILES string of the molecule is CC(C12CC(c3ccc(OCC(F)(F)F)cc3)(C1)C2)[C@@](O)(Cn1cncn1)c1ccc(F)cc1F. The smallest absolute Gasteiger partial charge is 0.422 e. The van der Waals surface area contributed by atoms with Crippen molar-refractivity contribution in [3.8, 4) is 5.75 Å². The highest BCUT2D eigenvalue weighted by atomic mass is 19.4. The van der Waals surface area contributed by atoms with Gasteiger partial charge in [-0.05, 0) is 59.8 Å². The van der Waals surface area contributed by atoms with Crippen molar-refractivity contribution in [2.24, 2.45) is 11.3 Å². The summed E-state index contributed by atoms with van der Waals surface area (Å²) in [7, 11) is 0. The highest BCUT2D eigenvalue weighted by Gasteiger charge is 2.72. The van der Waals surface area contributed by atoms with E-state index in [9.17, 15) is 27.1 Å². The summed E-state index contributed by atoms with van der Waals surface area (Å²) in [6.45, 7) is 0.482. The van der Waals surface area contributed by atoms with Crippen LogP contribution >= 0.6 is 0 Å². The fourth-order valence-corrected chi connectivity index (χ4v) is 6.07. The minimum Gasteiger partial charge on any atom is -0.484 e. The molecule has 2 bridgehead atoms. The first-order valence-electron chi connectivity index (χ1n) is 11.3. The Morgan fingerprint density at radius 3 is 2.34 bits per heavy atom. The van der Waals surface area contributed by atoms with Gasteiger partial charge in [-0.2, -0.15) is 18.3 Å². The van der Waals surface area contributed by atoms with Crippen molar-refractivity contribution < 1.29 is 31.8 Å². The molecule has 1 N–H and O–H groups in total. The van der Waals surface area contributed by atoms with Crippen molar-refractivity contribution in [2.45, 2.75) is 49.9 Å². The molecule has 0 spiro atoms. The maximum absolute atomic E-state index is 14.8. The van der Waals surface area contributed by atoms with E-state index >= 15 is 0 Å². The second kappa shape index (κ2) is 8.01. The monoisotopic (exact) mass is 493 g/mol. The van der Waals surface area contributed by atoms with Gasteiger partial charge >= 0.3 is 6.18 Å². The van der Waals surface area contributed by atoms with E-state index in [2.05, 4.69) is 10.1 Å². The molecular formula is C25H24F5N3O2. The lowest BCUT2D eigenvalue weighted by molar-refractivity contribution is -0.231. The molecule has 3 saturated carbocycles. The molecule has 0 saturated heterocycles. The number of hydrogen-bond acceptors (Lipinski definition) is 4. The summed E-state index contributed by atoms with van der Waals surface area (Å²) in [5, 5.41) is 15.9. The van der Waals surface area contributed by atoms with Crippen LogP contribution in [0.1, 0.15) is 37.3 Å². The zero-order chi connectivity index (χ0) is 25.1. The van der Waals surface area contributed by atoms with Crippen molar-refractivity contribution in [3.63, 3.8) is 0 Å². The lowest BCUT2D eigenvalue weighted by Crippen LogP contribution is -2.70. The molecule has 3 aliphatic carbocycles. The van der Waals surface area contributed by atoms with E-state index in [1.54, 1.807) is 12.1 Å². The van der Waals surface area contributed by atoms with E-state index in [1.807, 2.05) is 6.92 Å². The summed E-state index contributed by atoms with van der Waals surface area (Å²) in [6.07, 6.45) is 0.586. The summed E-state index contributed by atoms with van der Waals surface area (Å²) in [5.41, 5.74) is -1.05. The number of alkyl halides is 3. The molecule has 0 radical (unpaired) electrons. The number of nitrogens with zero attached hydrogens (tertiary/aromatic N) is 3. The molecule has 2 atom stereocenters. The van der Waals surface area contributed by atoms with Gasteiger partial charge < -0.3 is 9.84 Å². The molecule has 0 amide bonds. The Kier molecular flexibility index (Phi) is 5.43. The third-order valence-electron chi connectivity index (χ3n) is 7.84. The van der Waals surface area contributed by atoms with E-state index in [0.717, 1.165) is 37.0 Å². The molecule has 0 aliphatic heterocycles.